The Morgan fingerprint density at radius 2 is 1.60 bits per heavy atom. The zero-order valence-corrected chi connectivity index (χ0v) is 11.7. The molecule has 0 amide bonds. The van der Waals surface area contributed by atoms with Crippen LogP contribution in [0, 0.1) is 0 Å². The molecule has 0 fully saturated rings. The molecule has 0 aliphatic carbocycles. The van der Waals surface area contributed by atoms with Crippen molar-refractivity contribution in [3.05, 3.63) is 11.3 Å². The van der Waals surface area contributed by atoms with Gasteiger partial charge in [0.2, 0.25) is 0 Å². The third-order valence-corrected chi connectivity index (χ3v) is 9.08. The molecule has 0 saturated heterocycles. The molecule has 0 radical (unpaired) electrons. The molecule has 3 heteroatoms. The van der Waals surface area contributed by atoms with Gasteiger partial charge in [0.25, 0.3) is 0 Å². The van der Waals surface area contributed by atoms with Crippen LogP contribution < -0.4 is 0 Å². The summed E-state index contributed by atoms with van der Waals surface area (Å²) in [7, 11) is -1.56. The molecule has 2 nitrogen and oxygen atoms in total. The van der Waals surface area contributed by atoms with Gasteiger partial charge < -0.3 is 4.74 Å². The lowest BCUT2D eigenvalue weighted by molar-refractivity contribution is -0.137. The first-order valence-electron chi connectivity index (χ1n) is 5.95. The van der Waals surface area contributed by atoms with E-state index in [1.807, 2.05) is 19.9 Å². The van der Waals surface area contributed by atoms with Crippen molar-refractivity contribution in [3.63, 3.8) is 0 Å². The van der Waals surface area contributed by atoms with E-state index in [0.29, 0.717) is 6.61 Å². The summed E-state index contributed by atoms with van der Waals surface area (Å²) in [5, 5.41) is 0.983. The van der Waals surface area contributed by atoms with Gasteiger partial charge in [0.05, 0.1) is 14.7 Å². The predicted octanol–water partition coefficient (Wildman–Crippen LogP) is 3.54. The van der Waals surface area contributed by atoms with Crippen LogP contribution in [-0.2, 0) is 9.53 Å². The summed E-state index contributed by atoms with van der Waals surface area (Å²) in [6.07, 6.45) is 1.97. The summed E-state index contributed by atoms with van der Waals surface area (Å²) < 4.78 is 5.13. The van der Waals surface area contributed by atoms with E-state index in [-0.39, 0.29) is 5.97 Å². The molecule has 0 saturated carbocycles. The van der Waals surface area contributed by atoms with Crippen molar-refractivity contribution in [1.29, 1.82) is 0 Å². The van der Waals surface area contributed by atoms with Crippen molar-refractivity contribution < 1.29 is 9.53 Å². The van der Waals surface area contributed by atoms with Crippen LogP contribution in [0.5, 0.6) is 0 Å². The van der Waals surface area contributed by atoms with Crippen LogP contribution in [0.25, 0.3) is 0 Å². The Morgan fingerprint density at radius 3 is 1.87 bits per heavy atom. The second-order valence-corrected chi connectivity index (χ2v) is 8.98. The number of rotatable bonds is 6. The monoisotopic (exact) mass is 228 g/mol. The van der Waals surface area contributed by atoms with Gasteiger partial charge in [0.1, 0.15) is 0 Å². The summed E-state index contributed by atoms with van der Waals surface area (Å²) in [6, 6.07) is 3.37. The Labute approximate surface area is 94.7 Å². The van der Waals surface area contributed by atoms with Gasteiger partial charge in [-0.25, -0.2) is 4.79 Å². The van der Waals surface area contributed by atoms with Crippen molar-refractivity contribution in [2.75, 3.05) is 6.61 Å². The number of ether oxygens (including phenoxy) is 1. The van der Waals surface area contributed by atoms with Crippen LogP contribution in [0.4, 0.5) is 0 Å². The third-order valence-electron chi connectivity index (χ3n) is 3.39. The number of esters is 1. The quantitative estimate of drug-likeness (QED) is 0.395. The average molecular weight is 228 g/mol. The molecule has 0 aromatic carbocycles. The minimum absolute atomic E-state index is 0.0859. The summed E-state index contributed by atoms with van der Waals surface area (Å²) in [5.74, 6) is -0.0859. The van der Waals surface area contributed by atoms with Gasteiger partial charge in [0, 0.05) is 5.20 Å². The molecule has 0 aliphatic rings. The second kappa shape index (κ2) is 6.83. The molecule has 0 bridgehead atoms. The lowest BCUT2D eigenvalue weighted by atomic mass is 10.5. The van der Waals surface area contributed by atoms with Crippen molar-refractivity contribution in [3.8, 4) is 0 Å². The van der Waals surface area contributed by atoms with Crippen LogP contribution in [-0.4, -0.2) is 20.7 Å². The lowest BCUT2D eigenvalue weighted by Crippen LogP contribution is -2.39. The molecule has 0 aromatic heterocycles. The second-order valence-electron chi connectivity index (χ2n) is 3.76. The van der Waals surface area contributed by atoms with E-state index in [9.17, 15) is 4.79 Å². The zero-order valence-electron chi connectivity index (χ0n) is 10.7. The molecular weight excluding hydrogens is 204 g/mol. The average Bonchev–Trinajstić information content (AvgIpc) is 2.26. The van der Waals surface area contributed by atoms with Gasteiger partial charge in [-0.2, -0.15) is 0 Å². The molecule has 0 unspecified atom stereocenters. The first kappa shape index (κ1) is 14.4. The number of hydrogen-bond donors (Lipinski definition) is 0. The van der Waals surface area contributed by atoms with Crippen molar-refractivity contribution >= 4 is 14.0 Å². The molecule has 0 heterocycles. The van der Waals surface area contributed by atoms with Crippen molar-refractivity contribution in [1.82, 2.24) is 0 Å². The predicted molar refractivity (Wildman–Crippen MR) is 67.6 cm³/mol. The van der Waals surface area contributed by atoms with Gasteiger partial charge in [-0.05, 0) is 13.8 Å². The van der Waals surface area contributed by atoms with Crippen LogP contribution in [0.15, 0.2) is 11.3 Å². The lowest BCUT2D eigenvalue weighted by Gasteiger charge is -2.29. The third kappa shape index (κ3) is 3.19. The topological polar surface area (TPSA) is 26.3 Å². The Bertz CT molecular complexity index is 222. The summed E-state index contributed by atoms with van der Waals surface area (Å²) >= 11 is 0. The summed E-state index contributed by atoms with van der Waals surface area (Å²) in [6.45, 7) is 10.9. The Hall–Kier alpha value is -0.573. The van der Waals surface area contributed by atoms with E-state index in [2.05, 4.69) is 20.8 Å². The Kier molecular flexibility index (Phi) is 6.57. The largest absolute Gasteiger partial charge is 0.463 e. The number of hydrogen-bond acceptors (Lipinski definition) is 2. The number of carbonyl (C=O) groups is 1. The van der Waals surface area contributed by atoms with Gasteiger partial charge in [-0.15, -0.1) is 0 Å². The molecular formula is C12H24O2Si. The molecule has 88 valence electrons. The highest BCUT2D eigenvalue weighted by Crippen LogP contribution is 2.29. The molecule has 0 atom stereocenters. The molecule has 0 N–H and O–H groups in total. The fraction of sp³-hybridized carbons (Fsp3) is 0.750. The maximum absolute atomic E-state index is 11.8. The highest BCUT2D eigenvalue weighted by atomic mass is 28.3. The van der Waals surface area contributed by atoms with E-state index < -0.39 is 8.07 Å². The first-order chi connectivity index (χ1) is 7.11. The minimum Gasteiger partial charge on any atom is -0.463 e. The normalized spacial score (nSPS) is 12.7. The smallest absolute Gasteiger partial charge is 0.329 e. The molecule has 15 heavy (non-hydrogen) atoms. The molecule has 0 aliphatic heterocycles. The van der Waals surface area contributed by atoms with Crippen LogP contribution in [0.3, 0.4) is 0 Å². The van der Waals surface area contributed by atoms with E-state index in [4.69, 9.17) is 4.74 Å². The number of allylic oxidation sites excluding steroid dienone is 1. The maximum Gasteiger partial charge on any atom is 0.329 e. The maximum atomic E-state index is 11.8. The Morgan fingerprint density at radius 1 is 1.13 bits per heavy atom. The minimum atomic E-state index is -1.56. The van der Waals surface area contributed by atoms with Gasteiger partial charge in [0.15, 0.2) is 0 Å². The fourth-order valence-electron chi connectivity index (χ4n) is 2.17. The van der Waals surface area contributed by atoms with Crippen LogP contribution in [0.1, 0.15) is 34.6 Å². The van der Waals surface area contributed by atoms with Gasteiger partial charge in [-0.1, -0.05) is 45.0 Å². The fourth-order valence-corrected chi connectivity index (χ4v) is 5.93. The molecule has 0 rings (SSSR count). The van der Waals surface area contributed by atoms with E-state index in [1.54, 1.807) is 0 Å². The SMILES string of the molecule is C/C=C(\C(=O)OCC)[Si](CC)(CC)CC. The number of carbonyl (C=O) groups excluding carboxylic acids is 1. The van der Waals surface area contributed by atoms with Crippen molar-refractivity contribution in [2.24, 2.45) is 0 Å². The summed E-state index contributed by atoms with van der Waals surface area (Å²) in [4.78, 5) is 11.8. The molecule has 0 spiro atoms. The Balaban J connectivity index is 5.00. The van der Waals surface area contributed by atoms with E-state index in [0.717, 1.165) is 23.3 Å². The first-order valence-corrected chi connectivity index (χ1v) is 8.57. The van der Waals surface area contributed by atoms with E-state index in [1.165, 1.54) is 0 Å². The highest BCUT2D eigenvalue weighted by molar-refractivity contribution is 6.90. The van der Waals surface area contributed by atoms with Gasteiger partial charge in [-0.3, -0.25) is 0 Å². The van der Waals surface area contributed by atoms with Crippen LogP contribution in [0.2, 0.25) is 18.1 Å². The van der Waals surface area contributed by atoms with Gasteiger partial charge >= 0.3 is 5.97 Å². The van der Waals surface area contributed by atoms with E-state index >= 15 is 0 Å². The zero-order chi connectivity index (χ0) is 11.9. The highest BCUT2D eigenvalue weighted by Gasteiger charge is 2.35. The molecule has 0 aromatic rings. The summed E-state index contributed by atoms with van der Waals surface area (Å²) in [5.41, 5.74) is 0. The van der Waals surface area contributed by atoms with Crippen LogP contribution >= 0.6 is 0 Å². The van der Waals surface area contributed by atoms with Crippen molar-refractivity contribution in [2.45, 2.75) is 52.8 Å². The standard InChI is InChI=1S/C12H24O2Si/c1-6-11(12(13)14-7-2)15(8-3,9-4)10-5/h6H,7-10H2,1-5H3/b11-6+.